The molecule has 0 radical (unpaired) electrons. The van der Waals surface area contributed by atoms with Crippen molar-refractivity contribution in [1.29, 1.82) is 0 Å². The fraction of sp³-hybridized carbons (Fsp3) is 0.615. The fourth-order valence-corrected chi connectivity index (χ4v) is 3.84. The van der Waals surface area contributed by atoms with Crippen LogP contribution in [0.5, 0.6) is 0 Å². The van der Waals surface area contributed by atoms with Crippen LogP contribution in [0.1, 0.15) is 37.5 Å². The Morgan fingerprint density at radius 2 is 2.06 bits per heavy atom. The molecule has 0 bridgehead atoms. The van der Waals surface area contributed by atoms with E-state index in [-0.39, 0.29) is 0 Å². The lowest BCUT2D eigenvalue weighted by Crippen LogP contribution is -2.22. The maximum atomic E-state index is 12.1. The van der Waals surface area contributed by atoms with Gasteiger partial charge in [-0.1, -0.05) is 19.8 Å². The zero-order valence-corrected chi connectivity index (χ0v) is 11.9. The second-order valence-corrected chi connectivity index (χ2v) is 7.35. The number of thiophene rings is 1. The number of hydrogen-bond donors (Lipinski definition) is 0. The van der Waals surface area contributed by atoms with Crippen LogP contribution >= 0.6 is 27.3 Å². The van der Waals surface area contributed by atoms with E-state index in [1.165, 1.54) is 17.7 Å². The molecule has 1 nitrogen and oxygen atoms in total. The smallest absolute Gasteiger partial charge is 0.141 e. The summed E-state index contributed by atoms with van der Waals surface area (Å²) < 4.78 is 1.12. The van der Waals surface area contributed by atoms with Crippen molar-refractivity contribution < 1.29 is 4.79 Å². The Kier molecular flexibility index (Phi) is 4.20. The van der Waals surface area contributed by atoms with Crippen molar-refractivity contribution in [2.45, 2.75) is 39.0 Å². The summed E-state index contributed by atoms with van der Waals surface area (Å²) in [6.45, 7) is 2.29. The molecule has 1 aromatic rings. The molecule has 1 fully saturated rings. The van der Waals surface area contributed by atoms with Crippen molar-refractivity contribution in [3.05, 3.63) is 20.8 Å². The summed E-state index contributed by atoms with van der Waals surface area (Å²) in [7, 11) is 0. The Hall–Kier alpha value is -0.150. The molecular formula is C13H17BrOS. The first kappa shape index (κ1) is 12.3. The fourth-order valence-electron chi connectivity index (χ4n) is 2.34. The van der Waals surface area contributed by atoms with Crippen molar-refractivity contribution in [2.24, 2.45) is 11.8 Å². The lowest BCUT2D eigenvalue weighted by molar-refractivity contribution is -0.123. The van der Waals surface area contributed by atoms with Crippen molar-refractivity contribution >= 4 is 33.0 Å². The molecule has 1 saturated carbocycles. The van der Waals surface area contributed by atoms with E-state index in [2.05, 4.69) is 28.9 Å². The molecule has 1 heterocycles. The van der Waals surface area contributed by atoms with E-state index in [0.717, 1.165) is 22.5 Å². The van der Waals surface area contributed by atoms with Crippen molar-refractivity contribution in [2.75, 3.05) is 0 Å². The summed E-state index contributed by atoms with van der Waals surface area (Å²) in [6.07, 6.45) is 5.30. The van der Waals surface area contributed by atoms with E-state index in [9.17, 15) is 4.79 Å². The van der Waals surface area contributed by atoms with Gasteiger partial charge >= 0.3 is 0 Å². The topological polar surface area (TPSA) is 17.1 Å². The van der Waals surface area contributed by atoms with Crippen LogP contribution in [-0.2, 0) is 11.2 Å². The average Bonchev–Trinajstić information content (AvgIpc) is 2.65. The lowest BCUT2D eigenvalue weighted by Gasteiger charge is -2.24. The van der Waals surface area contributed by atoms with E-state index in [0.29, 0.717) is 18.1 Å². The number of ketones is 1. The molecule has 1 aliphatic carbocycles. The van der Waals surface area contributed by atoms with E-state index in [1.54, 1.807) is 11.3 Å². The summed E-state index contributed by atoms with van der Waals surface area (Å²) >= 11 is 5.11. The van der Waals surface area contributed by atoms with Crippen LogP contribution in [0.25, 0.3) is 0 Å². The highest BCUT2D eigenvalue weighted by molar-refractivity contribution is 9.11. The van der Waals surface area contributed by atoms with Crippen LogP contribution < -0.4 is 0 Å². The number of halogens is 1. The first-order valence-corrected chi connectivity index (χ1v) is 7.53. The molecule has 0 saturated heterocycles. The van der Waals surface area contributed by atoms with Crippen LogP contribution in [0.15, 0.2) is 15.9 Å². The largest absolute Gasteiger partial charge is 0.299 e. The van der Waals surface area contributed by atoms with Gasteiger partial charge in [0.2, 0.25) is 0 Å². The van der Waals surface area contributed by atoms with Crippen molar-refractivity contribution in [1.82, 2.24) is 0 Å². The molecule has 0 atom stereocenters. The van der Waals surface area contributed by atoms with Gasteiger partial charge in [-0.25, -0.2) is 0 Å². The normalized spacial score (nSPS) is 25.6. The highest BCUT2D eigenvalue weighted by atomic mass is 79.9. The van der Waals surface area contributed by atoms with E-state index >= 15 is 0 Å². The molecule has 0 spiro atoms. The summed E-state index contributed by atoms with van der Waals surface area (Å²) in [6, 6.07) is 4.08. The number of Topliss-reactive ketones (excluding diaryl/α,β-unsaturated/α-hetero) is 1. The molecule has 0 aromatic carbocycles. The molecule has 1 aliphatic rings. The maximum absolute atomic E-state index is 12.1. The number of hydrogen-bond acceptors (Lipinski definition) is 2. The van der Waals surface area contributed by atoms with Gasteiger partial charge in [0.05, 0.1) is 3.79 Å². The molecule has 2 rings (SSSR count). The molecule has 0 amide bonds. The Labute approximate surface area is 109 Å². The Morgan fingerprint density at radius 3 is 2.62 bits per heavy atom. The first-order valence-electron chi connectivity index (χ1n) is 5.92. The average molecular weight is 301 g/mol. The quantitative estimate of drug-likeness (QED) is 0.806. The molecular weight excluding hydrogens is 284 g/mol. The predicted molar refractivity (Wildman–Crippen MR) is 71.9 cm³/mol. The predicted octanol–water partition coefficient (Wildman–Crippen LogP) is 4.45. The first-order chi connectivity index (χ1) is 7.65. The van der Waals surface area contributed by atoms with Crippen molar-refractivity contribution in [3.63, 3.8) is 0 Å². The monoisotopic (exact) mass is 300 g/mol. The van der Waals surface area contributed by atoms with Gasteiger partial charge in [-0.3, -0.25) is 4.79 Å². The third-order valence-corrected chi connectivity index (χ3v) is 5.07. The van der Waals surface area contributed by atoms with Crippen LogP contribution in [0, 0.1) is 11.8 Å². The Morgan fingerprint density at radius 1 is 1.38 bits per heavy atom. The lowest BCUT2D eigenvalue weighted by atomic mass is 9.80. The van der Waals surface area contributed by atoms with Gasteiger partial charge in [-0.2, -0.15) is 0 Å². The third kappa shape index (κ3) is 3.17. The minimum atomic E-state index is 0.331. The SMILES string of the molecule is CC1CCC(C(=O)Cc2ccc(Br)s2)CC1. The van der Waals surface area contributed by atoms with E-state index < -0.39 is 0 Å². The standard InChI is InChI=1S/C13H17BrOS/c1-9-2-4-10(5-3-9)12(15)8-11-6-7-13(14)16-11/h6-7,9-10H,2-5,8H2,1H3. The van der Waals surface area contributed by atoms with Crippen LogP contribution in [0.2, 0.25) is 0 Å². The van der Waals surface area contributed by atoms with Gasteiger partial charge in [0.15, 0.2) is 0 Å². The summed E-state index contributed by atoms with van der Waals surface area (Å²) in [5.74, 6) is 1.60. The Balaban J connectivity index is 1.88. The van der Waals surface area contributed by atoms with Gasteiger partial charge < -0.3 is 0 Å². The molecule has 3 heteroatoms. The highest BCUT2D eigenvalue weighted by Gasteiger charge is 2.24. The number of carbonyl (C=O) groups excluding carboxylic acids is 1. The van der Waals surface area contributed by atoms with E-state index in [1.807, 2.05) is 6.07 Å². The molecule has 1 aromatic heterocycles. The summed E-state index contributed by atoms with van der Waals surface area (Å²) in [5, 5.41) is 0. The van der Waals surface area contributed by atoms with Gasteiger partial charge in [-0.05, 0) is 46.8 Å². The molecule has 16 heavy (non-hydrogen) atoms. The van der Waals surface area contributed by atoms with Gasteiger partial charge in [0.25, 0.3) is 0 Å². The second kappa shape index (κ2) is 5.46. The summed E-state index contributed by atoms with van der Waals surface area (Å²) in [4.78, 5) is 13.3. The minimum Gasteiger partial charge on any atom is -0.299 e. The zero-order valence-electron chi connectivity index (χ0n) is 9.54. The van der Waals surface area contributed by atoms with Crippen LogP contribution in [-0.4, -0.2) is 5.78 Å². The zero-order chi connectivity index (χ0) is 11.5. The second-order valence-electron chi connectivity index (χ2n) is 4.81. The third-order valence-electron chi connectivity index (χ3n) is 3.45. The minimum absolute atomic E-state index is 0.331. The molecule has 0 unspecified atom stereocenters. The number of carbonyl (C=O) groups is 1. The van der Waals surface area contributed by atoms with Gasteiger partial charge in [0.1, 0.15) is 5.78 Å². The molecule has 88 valence electrons. The number of rotatable bonds is 3. The maximum Gasteiger partial charge on any atom is 0.141 e. The van der Waals surface area contributed by atoms with E-state index in [4.69, 9.17) is 0 Å². The molecule has 0 aliphatic heterocycles. The van der Waals surface area contributed by atoms with Gasteiger partial charge in [-0.15, -0.1) is 11.3 Å². The van der Waals surface area contributed by atoms with Gasteiger partial charge in [0, 0.05) is 17.2 Å². The summed E-state index contributed by atoms with van der Waals surface area (Å²) in [5.41, 5.74) is 0. The van der Waals surface area contributed by atoms with Crippen LogP contribution in [0.4, 0.5) is 0 Å². The Bertz CT molecular complexity index is 364. The van der Waals surface area contributed by atoms with Crippen molar-refractivity contribution in [3.8, 4) is 0 Å². The van der Waals surface area contributed by atoms with Crippen LogP contribution in [0.3, 0.4) is 0 Å². The highest BCUT2D eigenvalue weighted by Crippen LogP contribution is 2.30. The molecule has 0 N–H and O–H groups in total.